The number of nitrogens with zero attached hydrogens (tertiary/aromatic N) is 3. The van der Waals surface area contributed by atoms with Gasteiger partial charge < -0.3 is 19.8 Å². The first-order chi connectivity index (χ1) is 13.1. The van der Waals surface area contributed by atoms with Gasteiger partial charge in [-0.1, -0.05) is 19.1 Å². The van der Waals surface area contributed by atoms with Crippen LogP contribution in [0.1, 0.15) is 20.3 Å². The minimum atomic E-state index is -0.294. The number of anilines is 1. The van der Waals surface area contributed by atoms with Gasteiger partial charge in [0.05, 0.1) is 18.3 Å². The van der Waals surface area contributed by atoms with E-state index in [-0.39, 0.29) is 11.7 Å². The monoisotopic (exact) mass is 369 g/mol. The van der Waals surface area contributed by atoms with Crippen LogP contribution in [-0.4, -0.2) is 46.3 Å². The molecule has 0 amide bonds. The van der Waals surface area contributed by atoms with E-state index < -0.39 is 0 Å². The lowest BCUT2D eigenvalue weighted by molar-refractivity contribution is 0.128. The molecule has 0 spiro atoms. The molecule has 0 saturated heterocycles. The number of aromatic nitrogens is 4. The molecule has 2 N–H and O–H groups in total. The smallest absolute Gasteiger partial charge is 0.262 e. The van der Waals surface area contributed by atoms with E-state index in [0.29, 0.717) is 47.3 Å². The third kappa shape index (κ3) is 4.40. The largest absolute Gasteiger partial charge is 0.493 e. The first-order valence-electron chi connectivity index (χ1n) is 8.88. The van der Waals surface area contributed by atoms with E-state index in [0.717, 1.165) is 6.42 Å². The van der Waals surface area contributed by atoms with Crippen molar-refractivity contribution in [3.63, 3.8) is 0 Å². The van der Waals surface area contributed by atoms with Crippen molar-refractivity contribution in [1.82, 2.24) is 19.9 Å². The van der Waals surface area contributed by atoms with Crippen molar-refractivity contribution in [2.75, 3.05) is 25.6 Å². The number of nitrogens with one attached hydrogen (secondary N) is 2. The Bertz CT molecular complexity index is 973. The van der Waals surface area contributed by atoms with E-state index in [4.69, 9.17) is 9.47 Å². The SMILES string of the molecule is CCCOc1ccccc1-c1nc2nc(NCC(C)OC)ncc2c(=O)[nH]1. The van der Waals surface area contributed by atoms with E-state index in [1.807, 2.05) is 38.1 Å². The number of fused-ring (bicyclic) bond motifs is 1. The third-order valence-electron chi connectivity index (χ3n) is 4.02. The number of rotatable bonds is 8. The number of aromatic amines is 1. The minimum absolute atomic E-state index is 0.00887. The van der Waals surface area contributed by atoms with Gasteiger partial charge in [-0.3, -0.25) is 4.79 Å². The average Bonchev–Trinajstić information content (AvgIpc) is 2.70. The van der Waals surface area contributed by atoms with Crippen LogP contribution in [0.2, 0.25) is 0 Å². The second-order valence-electron chi connectivity index (χ2n) is 6.12. The zero-order chi connectivity index (χ0) is 19.2. The molecule has 8 heteroatoms. The first kappa shape index (κ1) is 18.8. The lowest BCUT2D eigenvalue weighted by Gasteiger charge is -2.12. The van der Waals surface area contributed by atoms with Crippen molar-refractivity contribution >= 4 is 17.0 Å². The summed E-state index contributed by atoms with van der Waals surface area (Å²) in [5.41, 5.74) is 0.741. The molecule has 0 aliphatic heterocycles. The molecule has 1 unspecified atom stereocenters. The van der Waals surface area contributed by atoms with E-state index in [1.54, 1.807) is 7.11 Å². The fraction of sp³-hybridized carbons (Fsp3) is 0.368. The van der Waals surface area contributed by atoms with Crippen LogP contribution in [0.5, 0.6) is 5.75 Å². The molecule has 0 radical (unpaired) electrons. The van der Waals surface area contributed by atoms with Gasteiger partial charge in [0.2, 0.25) is 5.95 Å². The Morgan fingerprint density at radius 1 is 1.26 bits per heavy atom. The van der Waals surface area contributed by atoms with Crippen LogP contribution in [-0.2, 0) is 4.74 Å². The normalized spacial score (nSPS) is 12.1. The fourth-order valence-electron chi connectivity index (χ4n) is 2.46. The van der Waals surface area contributed by atoms with Gasteiger partial charge in [-0.2, -0.15) is 4.98 Å². The molecule has 2 aromatic heterocycles. The maximum atomic E-state index is 12.5. The van der Waals surface area contributed by atoms with Crippen molar-refractivity contribution in [2.24, 2.45) is 0 Å². The van der Waals surface area contributed by atoms with Gasteiger partial charge in [-0.25, -0.2) is 9.97 Å². The number of benzene rings is 1. The fourth-order valence-corrected chi connectivity index (χ4v) is 2.46. The van der Waals surface area contributed by atoms with Crippen molar-refractivity contribution in [1.29, 1.82) is 0 Å². The summed E-state index contributed by atoms with van der Waals surface area (Å²) >= 11 is 0. The van der Waals surface area contributed by atoms with Crippen molar-refractivity contribution in [2.45, 2.75) is 26.4 Å². The summed E-state index contributed by atoms with van der Waals surface area (Å²) in [4.78, 5) is 28.3. The summed E-state index contributed by atoms with van der Waals surface area (Å²) in [5, 5.41) is 3.41. The Hall–Kier alpha value is -3.00. The number of hydrogen-bond acceptors (Lipinski definition) is 7. The van der Waals surface area contributed by atoms with Gasteiger partial charge in [0.1, 0.15) is 17.0 Å². The summed E-state index contributed by atoms with van der Waals surface area (Å²) in [6.07, 6.45) is 2.37. The quantitative estimate of drug-likeness (QED) is 0.629. The summed E-state index contributed by atoms with van der Waals surface area (Å²) < 4.78 is 11.0. The Kier molecular flexibility index (Phi) is 5.97. The van der Waals surface area contributed by atoms with E-state index in [1.165, 1.54) is 6.20 Å². The van der Waals surface area contributed by atoms with Crippen molar-refractivity contribution in [3.8, 4) is 17.1 Å². The van der Waals surface area contributed by atoms with Gasteiger partial charge >= 0.3 is 0 Å². The molecule has 142 valence electrons. The molecule has 2 heterocycles. The molecule has 1 atom stereocenters. The molecule has 8 nitrogen and oxygen atoms in total. The lowest BCUT2D eigenvalue weighted by Crippen LogP contribution is -2.20. The summed E-state index contributed by atoms with van der Waals surface area (Å²) in [5.74, 6) is 1.48. The second kappa shape index (κ2) is 8.59. The Morgan fingerprint density at radius 3 is 2.85 bits per heavy atom. The van der Waals surface area contributed by atoms with Crippen LogP contribution < -0.4 is 15.6 Å². The van der Waals surface area contributed by atoms with Gasteiger partial charge in [-0.05, 0) is 25.5 Å². The van der Waals surface area contributed by atoms with Gasteiger partial charge in [0.15, 0.2) is 5.65 Å². The second-order valence-corrected chi connectivity index (χ2v) is 6.12. The van der Waals surface area contributed by atoms with Gasteiger partial charge in [-0.15, -0.1) is 0 Å². The van der Waals surface area contributed by atoms with Crippen LogP contribution in [0.25, 0.3) is 22.4 Å². The predicted molar refractivity (Wildman–Crippen MR) is 104 cm³/mol. The van der Waals surface area contributed by atoms with Crippen LogP contribution in [0.4, 0.5) is 5.95 Å². The molecular formula is C19H23N5O3. The molecular weight excluding hydrogens is 346 g/mol. The molecule has 3 aromatic rings. The molecule has 27 heavy (non-hydrogen) atoms. The molecule has 1 aromatic carbocycles. The van der Waals surface area contributed by atoms with Crippen molar-refractivity contribution in [3.05, 3.63) is 40.8 Å². The highest BCUT2D eigenvalue weighted by atomic mass is 16.5. The zero-order valence-electron chi connectivity index (χ0n) is 15.7. The third-order valence-corrected chi connectivity index (χ3v) is 4.02. The Labute approximate surface area is 157 Å². The molecule has 0 bridgehead atoms. The summed E-state index contributed by atoms with van der Waals surface area (Å²) in [6, 6.07) is 7.47. The Balaban J connectivity index is 1.99. The van der Waals surface area contributed by atoms with Crippen LogP contribution in [0, 0.1) is 0 Å². The maximum absolute atomic E-state index is 12.5. The number of H-pyrrole nitrogens is 1. The number of hydrogen-bond donors (Lipinski definition) is 2. The zero-order valence-corrected chi connectivity index (χ0v) is 15.7. The number of ether oxygens (including phenoxy) is 2. The number of methoxy groups -OCH3 is 1. The average molecular weight is 369 g/mol. The number of para-hydroxylation sites is 1. The van der Waals surface area contributed by atoms with E-state index in [9.17, 15) is 4.79 Å². The maximum Gasteiger partial charge on any atom is 0.262 e. The lowest BCUT2D eigenvalue weighted by atomic mass is 10.2. The first-order valence-corrected chi connectivity index (χ1v) is 8.88. The van der Waals surface area contributed by atoms with Crippen LogP contribution in [0.15, 0.2) is 35.3 Å². The van der Waals surface area contributed by atoms with Gasteiger partial charge in [0, 0.05) is 19.9 Å². The highest BCUT2D eigenvalue weighted by Gasteiger charge is 2.13. The van der Waals surface area contributed by atoms with Crippen molar-refractivity contribution < 1.29 is 9.47 Å². The molecule has 3 rings (SSSR count). The van der Waals surface area contributed by atoms with E-state index >= 15 is 0 Å². The minimum Gasteiger partial charge on any atom is -0.493 e. The van der Waals surface area contributed by atoms with Crippen LogP contribution in [0.3, 0.4) is 0 Å². The Morgan fingerprint density at radius 2 is 2.07 bits per heavy atom. The van der Waals surface area contributed by atoms with Gasteiger partial charge in [0.25, 0.3) is 5.56 Å². The molecule has 0 fully saturated rings. The predicted octanol–water partition coefficient (Wildman–Crippen LogP) is 2.62. The topological polar surface area (TPSA) is 102 Å². The van der Waals surface area contributed by atoms with Crippen LogP contribution >= 0.6 is 0 Å². The highest BCUT2D eigenvalue weighted by molar-refractivity contribution is 5.77. The molecule has 0 saturated carbocycles. The highest BCUT2D eigenvalue weighted by Crippen LogP contribution is 2.27. The standard InChI is InChI=1S/C19H23N5O3/c1-4-9-27-15-8-6-5-7-13(15)16-22-17-14(18(25)23-16)11-21-19(24-17)20-10-12(2)26-3/h5-8,11-12H,4,9-10H2,1-3H3,(H2,20,21,22,23,24,25). The summed E-state index contributed by atoms with van der Waals surface area (Å²) in [6.45, 7) is 5.10. The molecule has 0 aliphatic rings. The van der Waals surface area contributed by atoms with E-state index in [2.05, 4.69) is 25.3 Å². The molecule has 0 aliphatic carbocycles. The summed E-state index contributed by atoms with van der Waals surface area (Å²) in [7, 11) is 1.64.